The monoisotopic (exact) mass is 289 g/mol. The van der Waals surface area contributed by atoms with Crippen LogP contribution in [0.1, 0.15) is 19.8 Å². The Balaban J connectivity index is 3.98. The van der Waals surface area contributed by atoms with Crippen molar-refractivity contribution in [3.8, 4) is 0 Å². The summed E-state index contributed by atoms with van der Waals surface area (Å²) in [6.45, 7) is 1.67. The predicted octanol–water partition coefficient (Wildman–Crippen LogP) is 1.04. The van der Waals surface area contributed by atoms with Gasteiger partial charge in [0, 0.05) is 18.2 Å². The van der Waals surface area contributed by atoms with E-state index in [2.05, 4.69) is 4.72 Å². The number of rotatable bonds is 9. The maximum absolute atomic E-state index is 11.5. The van der Waals surface area contributed by atoms with Gasteiger partial charge in [-0.25, -0.2) is 13.1 Å². The Morgan fingerprint density at radius 3 is 2.56 bits per heavy atom. The largest absolute Gasteiger partial charge is 0.388 e. The molecule has 7 heteroatoms. The molecule has 0 spiro atoms. The number of thioether (sulfide) groups is 1. The minimum atomic E-state index is -3.28. The third-order valence-corrected chi connectivity index (χ3v) is 4.51. The Morgan fingerprint density at radius 1 is 1.44 bits per heavy atom. The first-order valence-corrected chi connectivity index (χ1v) is 8.66. The Labute approximate surface area is 107 Å². The molecule has 4 nitrogen and oxygen atoms in total. The van der Waals surface area contributed by atoms with Crippen molar-refractivity contribution in [3.05, 3.63) is 0 Å². The molecule has 0 aromatic carbocycles. The van der Waals surface area contributed by atoms with E-state index in [9.17, 15) is 13.5 Å². The summed E-state index contributed by atoms with van der Waals surface area (Å²) in [5, 5.41) is 9.78. The first-order valence-electron chi connectivity index (χ1n) is 5.07. The van der Waals surface area contributed by atoms with Crippen molar-refractivity contribution in [1.82, 2.24) is 4.72 Å². The van der Waals surface area contributed by atoms with Crippen LogP contribution in [0.15, 0.2) is 0 Å². The van der Waals surface area contributed by atoms with Crippen molar-refractivity contribution in [2.75, 3.05) is 30.2 Å². The minimum absolute atomic E-state index is 0.0526. The van der Waals surface area contributed by atoms with Crippen molar-refractivity contribution in [1.29, 1.82) is 0 Å². The average molecular weight is 290 g/mol. The van der Waals surface area contributed by atoms with Gasteiger partial charge in [-0.3, -0.25) is 0 Å². The molecular formula is C9H20ClNO3S2. The molecule has 16 heavy (non-hydrogen) atoms. The van der Waals surface area contributed by atoms with Crippen LogP contribution in [0.25, 0.3) is 0 Å². The molecule has 1 atom stereocenters. The normalized spacial score (nSPS) is 16.0. The van der Waals surface area contributed by atoms with E-state index in [1.165, 1.54) is 11.8 Å². The Hall–Kier alpha value is 0.510. The van der Waals surface area contributed by atoms with E-state index in [4.69, 9.17) is 11.6 Å². The Kier molecular flexibility index (Phi) is 8.01. The second-order valence-electron chi connectivity index (χ2n) is 3.97. The summed E-state index contributed by atoms with van der Waals surface area (Å²) in [6.07, 6.45) is 3.09. The lowest BCUT2D eigenvalue weighted by molar-refractivity contribution is 0.0908. The van der Waals surface area contributed by atoms with Gasteiger partial charge in [0.05, 0.1) is 11.4 Å². The van der Waals surface area contributed by atoms with Gasteiger partial charge in [-0.2, -0.15) is 11.8 Å². The van der Waals surface area contributed by atoms with E-state index >= 15 is 0 Å². The molecule has 0 fully saturated rings. The molecule has 0 amide bonds. The fourth-order valence-electron chi connectivity index (χ4n) is 1.09. The van der Waals surface area contributed by atoms with Gasteiger partial charge >= 0.3 is 0 Å². The van der Waals surface area contributed by atoms with Gasteiger partial charge in [-0.05, 0) is 26.0 Å². The van der Waals surface area contributed by atoms with Crippen LogP contribution in [-0.4, -0.2) is 49.3 Å². The summed E-state index contributed by atoms with van der Waals surface area (Å²) in [5.74, 6) is 1.03. The van der Waals surface area contributed by atoms with Gasteiger partial charge in [0.2, 0.25) is 10.0 Å². The van der Waals surface area contributed by atoms with Crippen molar-refractivity contribution >= 4 is 33.4 Å². The first-order chi connectivity index (χ1) is 7.33. The predicted molar refractivity (Wildman–Crippen MR) is 70.7 cm³/mol. The maximum Gasteiger partial charge on any atom is 0.211 e. The second-order valence-corrected chi connectivity index (χ2v) is 7.14. The number of halogens is 1. The zero-order valence-corrected chi connectivity index (χ0v) is 12.1. The van der Waals surface area contributed by atoms with Gasteiger partial charge in [0.15, 0.2) is 0 Å². The number of hydrogen-bond donors (Lipinski definition) is 2. The molecule has 2 N–H and O–H groups in total. The molecule has 0 saturated carbocycles. The Bertz CT molecular complexity index is 280. The standard InChI is InChI=1S/C9H20ClNO3S2/c1-9(12,8-15-2)7-11-16(13,14)6-4-3-5-10/h11-12H,3-8H2,1-2H3. The van der Waals surface area contributed by atoms with E-state index in [0.29, 0.717) is 24.5 Å². The van der Waals surface area contributed by atoms with Crippen LogP contribution in [0.3, 0.4) is 0 Å². The van der Waals surface area contributed by atoms with Crippen LogP contribution >= 0.6 is 23.4 Å². The van der Waals surface area contributed by atoms with E-state index in [1.807, 2.05) is 6.26 Å². The summed E-state index contributed by atoms with van der Waals surface area (Å²) >= 11 is 6.94. The summed E-state index contributed by atoms with van der Waals surface area (Å²) < 4.78 is 25.4. The highest BCUT2D eigenvalue weighted by atomic mass is 35.5. The van der Waals surface area contributed by atoms with Crippen LogP contribution in [0.2, 0.25) is 0 Å². The SMILES string of the molecule is CSCC(C)(O)CNS(=O)(=O)CCCCCl. The highest BCUT2D eigenvalue weighted by molar-refractivity contribution is 7.98. The number of nitrogens with one attached hydrogen (secondary N) is 1. The molecular weight excluding hydrogens is 270 g/mol. The molecule has 0 radical (unpaired) electrons. The second kappa shape index (κ2) is 7.76. The van der Waals surface area contributed by atoms with Crippen LogP contribution in [0, 0.1) is 0 Å². The fourth-order valence-corrected chi connectivity index (χ4v) is 3.26. The molecule has 98 valence electrons. The third-order valence-electron chi connectivity index (χ3n) is 1.92. The lowest BCUT2D eigenvalue weighted by atomic mass is 10.1. The molecule has 1 unspecified atom stereocenters. The molecule has 0 bridgehead atoms. The maximum atomic E-state index is 11.5. The van der Waals surface area contributed by atoms with Crippen LogP contribution in [0.4, 0.5) is 0 Å². The quantitative estimate of drug-likeness (QED) is 0.492. The zero-order valence-electron chi connectivity index (χ0n) is 9.70. The molecule has 0 aromatic heterocycles. The third kappa shape index (κ3) is 8.64. The lowest BCUT2D eigenvalue weighted by Gasteiger charge is -2.22. The molecule has 0 aliphatic carbocycles. The smallest absolute Gasteiger partial charge is 0.211 e. The summed E-state index contributed by atoms with van der Waals surface area (Å²) in [5.41, 5.74) is -1.00. The van der Waals surface area contributed by atoms with Crippen molar-refractivity contribution in [2.45, 2.75) is 25.4 Å². The van der Waals surface area contributed by atoms with E-state index in [-0.39, 0.29) is 12.3 Å². The van der Waals surface area contributed by atoms with Gasteiger partial charge in [0.1, 0.15) is 0 Å². The highest BCUT2D eigenvalue weighted by Crippen LogP contribution is 2.09. The van der Waals surface area contributed by atoms with Crippen molar-refractivity contribution < 1.29 is 13.5 Å². The summed E-state index contributed by atoms with van der Waals surface area (Å²) in [4.78, 5) is 0. The van der Waals surface area contributed by atoms with E-state index in [1.54, 1.807) is 6.92 Å². The topological polar surface area (TPSA) is 66.4 Å². The van der Waals surface area contributed by atoms with Gasteiger partial charge in [-0.15, -0.1) is 11.6 Å². The van der Waals surface area contributed by atoms with Crippen LogP contribution in [-0.2, 0) is 10.0 Å². The van der Waals surface area contributed by atoms with Gasteiger partial charge < -0.3 is 5.11 Å². The van der Waals surface area contributed by atoms with E-state index in [0.717, 1.165) is 0 Å². The number of hydrogen-bond acceptors (Lipinski definition) is 4. The molecule has 0 aliphatic rings. The van der Waals surface area contributed by atoms with Crippen molar-refractivity contribution in [2.24, 2.45) is 0 Å². The van der Waals surface area contributed by atoms with E-state index < -0.39 is 15.6 Å². The summed E-state index contributed by atoms with van der Waals surface area (Å²) in [6, 6.07) is 0. The Morgan fingerprint density at radius 2 is 2.06 bits per heavy atom. The molecule has 0 saturated heterocycles. The fraction of sp³-hybridized carbons (Fsp3) is 1.00. The molecule has 0 aliphatic heterocycles. The minimum Gasteiger partial charge on any atom is -0.388 e. The number of alkyl halides is 1. The highest BCUT2D eigenvalue weighted by Gasteiger charge is 2.22. The van der Waals surface area contributed by atoms with Crippen molar-refractivity contribution in [3.63, 3.8) is 0 Å². The number of unbranched alkanes of at least 4 members (excludes halogenated alkanes) is 1. The van der Waals surface area contributed by atoms with Gasteiger partial charge in [-0.1, -0.05) is 0 Å². The van der Waals surface area contributed by atoms with Crippen LogP contribution < -0.4 is 4.72 Å². The zero-order chi connectivity index (χ0) is 12.7. The summed E-state index contributed by atoms with van der Waals surface area (Å²) in [7, 11) is -3.28. The number of aliphatic hydroxyl groups is 1. The van der Waals surface area contributed by atoms with Gasteiger partial charge in [0.25, 0.3) is 0 Å². The average Bonchev–Trinajstić information content (AvgIpc) is 2.16. The number of sulfonamides is 1. The lowest BCUT2D eigenvalue weighted by Crippen LogP contribution is -2.43. The first kappa shape index (κ1) is 16.5. The molecule has 0 aromatic rings. The molecule has 0 rings (SSSR count). The molecule has 0 heterocycles. The van der Waals surface area contributed by atoms with Crippen LogP contribution in [0.5, 0.6) is 0 Å².